The van der Waals surface area contributed by atoms with E-state index >= 15 is 0 Å². The van der Waals surface area contributed by atoms with Gasteiger partial charge < -0.3 is 10.6 Å². The molecule has 0 aliphatic heterocycles. The van der Waals surface area contributed by atoms with Crippen molar-refractivity contribution in [3.05, 3.63) is 17.3 Å². The molecule has 1 heterocycles. The largest absolute Gasteiger partial charge is 0.354 e. The summed E-state index contributed by atoms with van der Waals surface area (Å²) in [4.78, 5) is 22.9. The molecule has 6 heteroatoms. The van der Waals surface area contributed by atoms with Gasteiger partial charge in [-0.05, 0) is 31.4 Å². The van der Waals surface area contributed by atoms with Crippen LogP contribution in [0.15, 0.2) is 6.07 Å². The lowest BCUT2D eigenvalue weighted by molar-refractivity contribution is -0.117. The highest BCUT2D eigenvalue weighted by atomic mass is 16.2. The SMILES string of the molecule is CNC(=O)c1nnc(NC(=O)C2CC2)cc1C. The fourth-order valence-corrected chi connectivity index (χ4v) is 1.46. The van der Waals surface area contributed by atoms with Gasteiger partial charge in [-0.1, -0.05) is 0 Å². The monoisotopic (exact) mass is 234 g/mol. The molecule has 2 N–H and O–H groups in total. The quantitative estimate of drug-likeness (QED) is 0.797. The van der Waals surface area contributed by atoms with Crippen LogP contribution in [-0.2, 0) is 4.79 Å². The highest BCUT2D eigenvalue weighted by molar-refractivity contribution is 5.95. The van der Waals surface area contributed by atoms with Crippen LogP contribution in [-0.4, -0.2) is 29.1 Å². The lowest BCUT2D eigenvalue weighted by Crippen LogP contribution is -2.22. The summed E-state index contributed by atoms with van der Waals surface area (Å²) in [6.07, 6.45) is 1.88. The van der Waals surface area contributed by atoms with E-state index in [1.54, 1.807) is 13.0 Å². The smallest absolute Gasteiger partial charge is 0.271 e. The predicted octanol–water partition coefficient (Wildman–Crippen LogP) is 0.493. The highest BCUT2D eigenvalue weighted by Crippen LogP contribution is 2.29. The van der Waals surface area contributed by atoms with Crippen molar-refractivity contribution < 1.29 is 9.59 Å². The third-order valence-electron chi connectivity index (χ3n) is 2.63. The summed E-state index contributed by atoms with van der Waals surface area (Å²) >= 11 is 0. The molecule has 6 nitrogen and oxygen atoms in total. The number of rotatable bonds is 3. The molecule has 2 rings (SSSR count). The first-order chi connectivity index (χ1) is 8.11. The molecule has 2 amide bonds. The number of hydrogen-bond acceptors (Lipinski definition) is 4. The van der Waals surface area contributed by atoms with Gasteiger partial charge in [-0.3, -0.25) is 9.59 Å². The second-order valence-electron chi connectivity index (χ2n) is 4.10. The lowest BCUT2D eigenvalue weighted by Gasteiger charge is -2.06. The number of aromatic nitrogens is 2. The summed E-state index contributed by atoms with van der Waals surface area (Å²) < 4.78 is 0. The predicted molar refractivity (Wildman–Crippen MR) is 61.5 cm³/mol. The average molecular weight is 234 g/mol. The van der Waals surface area contributed by atoms with Gasteiger partial charge in [0.2, 0.25) is 5.91 Å². The summed E-state index contributed by atoms with van der Waals surface area (Å²) in [5.41, 5.74) is 0.961. The zero-order valence-corrected chi connectivity index (χ0v) is 9.78. The number of nitrogens with one attached hydrogen (secondary N) is 2. The number of hydrogen-bond donors (Lipinski definition) is 2. The van der Waals surface area contributed by atoms with Crippen molar-refractivity contribution in [3.63, 3.8) is 0 Å². The Labute approximate surface area is 98.8 Å². The fraction of sp³-hybridized carbons (Fsp3) is 0.455. The zero-order valence-electron chi connectivity index (χ0n) is 9.78. The summed E-state index contributed by atoms with van der Waals surface area (Å²) in [5.74, 6) is 0.212. The van der Waals surface area contributed by atoms with Gasteiger partial charge in [0, 0.05) is 13.0 Å². The van der Waals surface area contributed by atoms with Crippen LogP contribution in [0.2, 0.25) is 0 Å². The van der Waals surface area contributed by atoms with Gasteiger partial charge in [0.1, 0.15) is 0 Å². The minimum Gasteiger partial charge on any atom is -0.354 e. The van der Waals surface area contributed by atoms with Crippen LogP contribution in [0.5, 0.6) is 0 Å². The fourth-order valence-electron chi connectivity index (χ4n) is 1.46. The molecule has 17 heavy (non-hydrogen) atoms. The second-order valence-corrected chi connectivity index (χ2v) is 4.10. The van der Waals surface area contributed by atoms with E-state index in [-0.39, 0.29) is 23.4 Å². The van der Waals surface area contributed by atoms with Crippen LogP contribution < -0.4 is 10.6 Å². The topological polar surface area (TPSA) is 84.0 Å². The van der Waals surface area contributed by atoms with E-state index in [9.17, 15) is 9.59 Å². The Morgan fingerprint density at radius 1 is 1.35 bits per heavy atom. The van der Waals surface area contributed by atoms with Crippen molar-refractivity contribution in [1.29, 1.82) is 0 Å². The van der Waals surface area contributed by atoms with Gasteiger partial charge in [0.25, 0.3) is 5.91 Å². The number of nitrogens with zero attached hydrogens (tertiary/aromatic N) is 2. The summed E-state index contributed by atoms with van der Waals surface area (Å²) in [5, 5.41) is 12.8. The molecule has 90 valence electrons. The lowest BCUT2D eigenvalue weighted by atomic mass is 10.2. The molecule has 0 radical (unpaired) electrons. The minimum atomic E-state index is -0.282. The van der Waals surface area contributed by atoms with E-state index in [2.05, 4.69) is 20.8 Å². The first-order valence-corrected chi connectivity index (χ1v) is 5.49. The second kappa shape index (κ2) is 4.48. The number of anilines is 1. The first-order valence-electron chi connectivity index (χ1n) is 5.49. The number of amides is 2. The van der Waals surface area contributed by atoms with Crippen molar-refractivity contribution in [2.24, 2.45) is 5.92 Å². The molecule has 1 aromatic heterocycles. The molecule has 0 atom stereocenters. The van der Waals surface area contributed by atoms with Crippen LogP contribution in [0, 0.1) is 12.8 Å². The van der Waals surface area contributed by atoms with Crippen molar-refractivity contribution in [1.82, 2.24) is 15.5 Å². The van der Waals surface area contributed by atoms with Crippen LogP contribution in [0.1, 0.15) is 28.9 Å². The van der Waals surface area contributed by atoms with E-state index in [1.807, 2.05) is 0 Å². The Morgan fingerprint density at radius 2 is 2.06 bits per heavy atom. The van der Waals surface area contributed by atoms with Crippen molar-refractivity contribution in [2.75, 3.05) is 12.4 Å². The van der Waals surface area contributed by atoms with Crippen LogP contribution >= 0.6 is 0 Å². The maximum Gasteiger partial charge on any atom is 0.271 e. The Balaban J connectivity index is 2.12. The van der Waals surface area contributed by atoms with Gasteiger partial charge in [-0.15, -0.1) is 10.2 Å². The molecular formula is C11H14N4O2. The number of carbonyl (C=O) groups is 2. The van der Waals surface area contributed by atoms with Gasteiger partial charge in [0.15, 0.2) is 11.5 Å². The van der Waals surface area contributed by atoms with Crippen molar-refractivity contribution >= 4 is 17.6 Å². The van der Waals surface area contributed by atoms with Crippen LogP contribution in [0.25, 0.3) is 0 Å². The normalized spacial score (nSPS) is 14.2. The molecule has 1 aliphatic carbocycles. The molecular weight excluding hydrogens is 220 g/mol. The van der Waals surface area contributed by atoms with Gasteiger partial charge in [-0.25, -0.2) is 0 Å². The van der Waals surface area contributed by atoms with Gasteiger partial charge >= 0.3 is 0 Å². The number of aryl methyl sites for hydroxylation is 1. The van der Waals surface area contributed by atoms with Crippen molar-refractivity contribution in [3.8, 4) is 0 Å². The van der Waals surface area contributed by atoms with Crippen molar-refractivity contribution in [2.45, 2.75) is 19.8 Å². The molecule has 0 aromatic carbocycles. The third kappa shape index (κ3) is 2.58. The number of carbonyl (C=O) groups excluding carboxylic acids is 2. The summed E-state index contributed by atoms with van der Waals surface area (Å²) in [6, 6.07) is 1.65. The minimum absolute atomic E-state index is 0.0219. The van der Waals surface area contributed by atoms with Gasteiger partial charge in [0.05, 0.1) is 0 Å². The van der Waals surface area contributed by atoms with E-state index in [4.69, 9.17) is 0 Å². The summed E-state index contributed by atoms with van der Waals surface area (Å²) in [7, 11) is 1.53. The highest BCUT2D eigenvalue weighted by Gasteiger charge is 2.30. The molecule has 1 saturated carbocycles. The molecule has 0 saturated heterocycles. The van der Waals surface area contributed by atoms with E-state index in [1.165, 1.54) is 7.05 Å². The Bertz CT molecular complexity index is 469. The Morgan fingerprint density at radius 3 is 2.59 bits per heavy atom. The Kier molecular flexibility index (Phi) is 3.03. The molecule has 0 bridgehead atoms. The molecule has 1 aliphatic rings. The zero-order chi connectivity index (χ0) is 12.4. The first kappa shape index (κ1) is 11.5. The van der Waals surface area contributed by atoms with E-state index < -0.39 is 0 Å². The molecule has 0 unspecified atom stereocenters. The maximum atomic E-state index is 11.5. The standard InChI is InChI=1S/C11H14N4O2/c1-6-5-8(13-10(16)7-3-4-7)14-15-9(6)11(17)12-2/h5,7H,3-4H2,1-2H3,(H,12,17)(H,13,14,16). The summed E-state index contributed by atoms with van der Waals surface area (Å²) in [6.45, 7) is 1.76. The molecule has 1 fully saturated rings. The third-order valence-corrected chi connectivity index (χ3v) is 2.63. The molecule has 0 spiro atoms. The van der Waals surface area contributed by atoms with Gasteiger partial charge in [-0.2, -0.15) is 0 Å². The Hall–Kier alpha value is -1.98. The van der Waals surface area contributed by atoms with E-state index in [0.29, 0.717) is 11.4 Å². The van der Waals surface area contributed by atoms with Crippen LogP contribution in [0.4, 0.5) is 5.82 Å². The van der Waals surface area contributed by atoms with E-state index in [0.717, 1.165) is 12.8 Å². The maximum absolute atomic E-state index is 11.5. The van der Waals surface area contributed by atoms with Crippen LogP contribution in [0.3, 0.4) is 0 Å². The average Bonchev–Trinajstić information content (AvgIpc) is 3.12. The molecule has 1 aromatic rings.